The number of rotatable bonds is 5. The first kappa shape index (κ1) is 20.5. The number of aliphatic hydroxyl groups excluding tert-OH is 1. The lowest BCUT2D eigenvalue weighted by Gasteiger charge is -2.34. The number of aliphatic hydroxyl groups is 1. The molecule has 3 heterocycles. The van der Waals surface area contributed by atoms with Crippen molar-refractivity contribution in [3.63, 3.8) is 0 Å². The zero-order valence-corrected chi connectivity index (χ0v) is 18.3. The van der Waals surface area contributed by atoms with E-state index in [0.717, 1.165) is 44.6 Å². The summed E-state index contributed by atoms with van der Waals surface area (Å²) >= 11 is 0. The van der Waals surface area contributed by atoms with Crippen LogP contribution in [-0.2, 0) is 17.8 Å². The average Bonchev–Trinajstić information content (AvgIpc) is 3.22. The number of benzene rings is 1. The molecule has 1 amide bonds. The number of likely N-dealkylation sites (tertiary alicyclic amines) is 1. The fourth-order valence-corrected chi connectivity index (χ4v) is 5.40. The summed E-state index contributed by atoms with van der Waals surface area (Å²) in [6.07, 6.45) is 11.1. The van der Waals surface area contributed by atoms with Crippen molar-refractivity contribution in [2.45, 2.75) is 44.8 Å². The Balaban J connectivity index is 1.21. The third-order valence-corrected chi connectivity index (χ3v) is 7.10. The normalized spacial score (nSPS) is 22.9. The van der Waals surface area contributed by atoms with Gasteiger partial charge in [-0.05, 0) is 61.0 Å². The van der Waals surface area contributed by atoms with Crippen molar-refractivity contribution >= 4 is 5.91 Å². The Kier molecular flexibility index (Phi) is 5.97. The Labute approximate surface area is 185 Å². The minimum absolute atomic E-state index is 0.105. The highest BCUT2D eigenvalue weighted by atomic mass is 16.3. The first-order chi connectivity index (χ1) is 15.2. The molecular formula is C26H33N3O2. The molecule has 1 saturated heterocycles. The first-order valence-corrected chi connectivity index (χ1v) is 11.8. The Morgan fingerprint density at radius 2 is 1.77 bits per heavy atom. The lowest BCUT2D eigenvalue weighted by Crippen LogP contribution is -2.46. The van der Waals surface area contributed by atoms with E-state index in [4.69, 9.17) is 0 Å². The SMILES string of the molecule is O=C1C2=C(C=C(N3CCCC3)C=CC2)CCN1C[C@H](O)CN1CCc2ccccc2C1. The highest BCUT2D eigenvalue weighted by molar-refractivity contribution is 5.96. The fraction of sp³-hybridized carbons (Fsp3) is 0.500. The number of hydrogen-bond acceptors (Lipinski definition) is 4. The first-order valence-electron chi connectivity index (χ1n) is 11.8. The molecule has 0 saturated carbocycles. The third-order valence-electron chi connectivity index (χ3n) is 7.10. The number of amides is 1. The Bertz CT molecular complexity index is 926. The maximum atomic E-state index is 13.2. The Morgan fingerprint density at radius 3 is 2.61 bits per heavy atom. The van der Waals surface area contributed by atoms with Gasteiger partial charge in [-0.1, -0.05) is 30.3 Å². The molecule has 1 aromatic carbocycles. The number of nitrogens with zero attached hydrogens (tertiary/aromatic N) is 3. The molecule has 1 N–H and O–H groups in total. The molecule has 5 heteroatoms. The predicted molar refractivity (Wildman–Crippen MR) is 122 cm³/mol. The van der Waals surface area contributed by atoms with Gasteiger partial charge in [-0.2, -0.15) is 0 Å². The van der Waals surface area contributed by atoms with E-state index in [-0.39, 0.29) is 5.91 Å². The van der Waals surface area contributed by atoms with E-state index in [1.807, 2.05) is 4.90 Å². The summed E-state index contributed by atoms with van der Waals surface area (Å²) in [5, 5.41) is 10.8. The minimum Gasteiger partial charge on any atom is -0.390 e. The van der Waals surface area contributed by atoms with E-state index in [1.165, 1.54) is 35.2 Å². The topological polar surface area (TPSA) is 47.0 Å². The van der Waals surface area contributed by atoms with Gasteiger partial charge in [0.1, 0.15) is 0 Å². The molecule has 1 aromatic rings. The van der Waals surface area contributed by atoms with Gasteiger partial charge in [0, 0.05) is 57.1 Å². The predicted octanol–water partition coefficient (Wildman–Crippen LogP) is 2.87. The van der Waals surface area contributed by atoms with Gasteiger partial charge in [0.25, 0.3) is 0 Å². The van der Waals surface area contributed by atoms with Gasteiger partial charge in [0.2, 0.25) is 5.91 Å². The zero-order chi connectivity index (χ0) is 21.2. The van der Waals surface area contributed by atoms with E-state index in [2.05, 4.69) is 52.3 Å². The van der Waals surface area contributed by atoms with Crippen LogP contribution in [0.25, 0.3) is 0 Å². The maximum absolute atomic E-state index is 13.2. The molecule has 0 unspecified atom stereocenters. The van der Waals surface area contributed by atoms with Gasteiger partial charge >= 0.3 is 0 Å². The summed E-state index contributed by atoms with van der Waals surface area (Å²) < 4.78 is 0. The number of β-amino-alcohol motifs (C(OH)–C–C–N with tert-alkyl or cyclic N) is 1. The summed E-state index contributed by atoms with van der Waals surface area (Å²) in [6, 6.07) is 8.56. The molecule has 5 nitrogen and oxygen atoms in total. The van der Waals surface area contributed by atoms with Gasteiger partial charge in [-0.25, -0.2) is 0 Å². The minimum atomic E-state index is -0.520. The molecule has 1 fully saturated rings. The van der Waals surface area contributed by atoms with Crippen molar-refractivity contribution in [3.8, 4) is 0 Å². The Hall–Kier alpha value is -2.37. The third kappa shape index (κ3) is 4.48. The molecule has 1 aliphatic carbocycles. The van der Waals surface area contributed by atoms with Crippen LogP contribution in [0.4, 0.5) is 0 Å². The Morgan fingerprint density at radius 1 is 0.968 bits per heavy atom. The smallest absolute Gasteiger partial charge is 0.250 e. The van der Waals surface area contributed by atoms with Crippen LogP contribution in [0.2, 0.25) is 0 Å². The number of hydrogen-bond donors (Lipinski definition) is 1. The summed E-state index contributed by atoms with van der Waals surface area (Å²) in [7, 11) is 0. The maximum Gasteiger partial charge on any atom is 0.250 e. The van der Waals surface area contributed by atoms with Crippen LogP contribution in [0.15, 0.2) is 59.3 Å². The molecule has 5 rings (SSSR count). The average molecular weight is 420 g/mol. The molecule has 0 spiro atoms. The summed E-state index contributed by atoms with van der Waals surface area (Å²) in [5.41, 5.74) is 6.14. The van der Waals surface area contributed by atoms with E-state index in [9.17, 15) is 9.90 Å². The van der Waals surface area contributed by atoms with Crippen LogP contribution in [0.1, 0.15) is 36.8 Å². The van der Waals surface area contributed by atoms with Crippen molar-refractivity contribution in [1.82, 2.24) is 14.7 Å². The van der Waals surface area contributed by atoms with Crippen LogP contribution in [-0.4, -0.2) is 71.1 Å². The van der Waals surface area contributed by atoms with E-state index in [0.29, 0.717) is 26.1 Å². The van der Waals surface area contributed by atoms with Crippen molar-refractivity contribution in [2.24, 2.45) is 0 Å². The van der Waals surface area contributed by atoms with Crippen molar-refractivity contribution in [1.29, 1.82) is 0 Å². The monoisotopic (exact) mass is 419 g/mol. The number of carbonyl (C=O) groups is 1. The second kappa shape index (κ2) is 9.01. The second-order valence-corrected chi connectivity index (χ2v) is 9.28. The quantitative estimate of drug-likeness (QED) is 0.797. The standard InChI is InChI=1S/C26H33N3O2/c30-24(18-27-14-10-20-6-1-2-7-22(20)17-27)19-29-15-11-21-16-23(28-12-3-4-13-28)8-5-9-25(21)26(29)31/h1-2,5-8,16,24,30H,3-4,9-15,17-19H2/t24-/m1/s1. The molecule has 1 atom stereocenters. The van der Waals surface area contributed by atoms with Crippen LogP contribution in [0, 0.1) is 0 Å². The fourth-order valence-electron chi connectivity index (χ4n) is 5.40. The summed E-state index contributed by atoms with van der Waals surface area (Å²) in [6.45, 7) is 5.81. The largest absolute Gasteiger partial charge is 0.390 e. The highest BCUT2D eigenvalue weighted by Crippen LogP contribution is 2.29. The molecule has 31 heavy (non-hydrogen) atoms. The van der Waals surface area contributed by atoms with Gasteiger partial charge in [-0.3, -0.25) is 9.69 Å². The van der Waals surface area contributed by atoms with Crippen molar-refractivity contribution in [2.75, 3.05) is 39.3 Å². The summed E-state index contributed by atoms with van der Waals surface area (Å²) in [4.78, 5) is 19.8. The molecule has 3 aliphatic heterocycles. The lowest BCUT2D eigenvalue weighted by molar-refractivity contribution is -0.129. The van der Waals surface area contributed by atoms with Crippen molar-refractivity contribution in [3.05, 3.63) is 70.5 Å². The number of carbonyl (C=O) groups excluding carboxylic acids is 1. The van der Waals surface area contributed by atoms with E-state index in [1.54, 1.807) is 0 Å². The second-order valence-electron chi connectivity index (χ2n) is 9.28. The van der Waals surface area contributed by atoms with Gasteiger partial charge in [0.15, 0.2) is 0 Å². The molecule has 0 aromatic heterocycles. The summed E-state index contributed by atoms with van der Waals surface area (Å²) in [5.74, 6) is 0.105. The van der Waals surface area contributed by atoms with E-state index < -0.39 is 6.10 Å². The van der Waals surface area contributed by atoms with Crippen LogP contribution in [0.5, 0.6) is 0 Å². The van der Waals surface area contributed by atoms with Crippen LogP contribution >= 0.6 is 0 Å². The molecule has 164 valence electrons. The lowest BCUT2D eigenvalue weighted by atomic mass is 9.96. The highest BCUT2D eigenvalue weighted by Gasteiger charge is 2.29. The van der Waals surface area contributed by atoms with E-state index >= 15 is 0 Å². The molecule has 4 aliphatic rings. The molecule has 0 bridgehead atoms. The zero-order valence-electron chi connectivity index (χ0n) is 18.3. The van der Waals surface area contributed by atoms with Gasteiger partial charge in [-0.15, -0.1) is 0 Å². The van der Waals surface area contributed by atoms with Crippen molar-refractivity contribution < 1.29 is 9.90 Å². The van der Waals surface area contributed by atoms with Crippen LogP contribution in [0.3, 0.4) is 0 Å². The number of fused-ring (bicyclic) bond motifs is 1. The number of allylic oxidation sites excluding steroid dienone is 3. The van der Waals surface area contributed by atoms with Gasteiger partial charge < -0.3 is 14.9 Å². The molecular weight excluding hydrogens is 386 g/mol. The van der Waals surface area contributed by atoms with Gasteiger partial charge in [0.05, 0.1) is 6.10 Å². The molecule has 0 radical (unpaired) electrons. The van der Waals surface area contributed by atoms with Crippen LogP contribution < -0.4 is 0 Å².